The number of hydrogen-bond acceptors (Lipinski definition) is 15. The second-order valence-corrected chi connectivity index (χ2v) is 13.8. The van der Waals surface area contributed by atoms with Gasteiger partial charge in [-0.2, -0.15) is 0 Å². The average Bonchev–Trinajstić information content (AvgIpc) is 3.33. The zero-order valence-corrected chi connectivity index (χ0v) is 39.7. The van der Waals surface area contributed by atoms with Crippen molar-refractivity contribution in [2.75, 3.05) is 52.1 Å². The van der Waals surface area contributed by atoms with Crippen molar-refractivity contribution in [3.05, 3.63) is 101 Å². The van der Waals surface area contributed by atoms with E-state index in [1.54, 1.807) is 24.3 Å². The van der Waals surface area contributed by atoms with Crippen molar-refractivity contribution in [1.82, 2.24) is 0 Å². The Morgan fingerprint density at radius 3 is 1.16 bits per heavy atom. The van der Waals surface area contributed by atoms with Gasteiger partial charge in [-0.1, -0.05) is 97.4 Å². The Balaban J connectivity index is -0.000000762. The van der Waals surface area contributed by atoms with Gasteiger partial charge in [0.05, 0.1) is 73.1 Å². The maximum Gasteiger partial charge on any atom is 0.339 e. The summed E-state index contributed by atoms with van der Waals surface area (Å²) in [6.45, 7) is 15.6. The molecule has 15 nitrogen and oxygen atoms in total. The normalized spacial score (nSPS) is 11.6. The Kier molecular flexibility index (Phi) is 43.4. The highest BCUT2D eigenvalue weighted by Crippen LogP contribution is 2.14. The van der Waals surface area contributed by atoms with Crippen molar-refractivity contribution in [3.63, 3.8) is 0 Å². The lowest BCUT2D eigenvalue weighted by Crippen LogP contribution is -2.18. The van der Waals surface area contributed by atoms with Crippen LogP contribution in [0.1, 0.15) is 135 Å². The molecule has 0 aliphatic rings. The Morgan fingerprint density at radius 2 is 0.875 bits per heavy atom. The molecule has 0 radical (unpaired) electrons. The molecule has 16 heteroatoms. The van der Waals surface area contributed by atoms with E-state index in [4.69, 9.17) is 60.8 Å². The van der Waals surface area contributed by atoms with Crippen LogP contribution in [0.15, 0.2) is 78.9 Å². The summed E-state index contributed by atoms with van der Waals surface area (Å²) in [7, 11) is 0. The van der Waals surface area contributed by atoms with E-state index in [1.807, 2.05) is 65.0 Å². The van der Waals surface area contributed by atoms with Gasteiger partial charge in [-0.05, 0) is 75.4 Å². The first-order valence-corrected chi connectivity index (χ1v) is 22.2. The van der Waals surface area contributed by atoms with Crippen LogP contribution in [0.2, 0.25) is 0 Å². The topological polar surface area (TPSA) is 236 Å². The van der Waals surface area contributed by atoms with Crippen LogP contribution in [-0.2, 0) is 18.9 Å². The van der Waals surface area contributed by atoms with E-state index in [-0.39, 0.29) is 60.9 Å². The summed E-state index contributed by atoms with van der Waals surface area (Å²) >= 11 is 5.20. The fourth-order valence-corrected chi connectivity index (χ4v) is 4.00. The number of alkyl halides is 1. The number of aliphatic hydroxyl groups is 6. The number of carbonyl (C=O) groups is 4. The first-order chi connectivity index (χ1) is 30.6. The van der Waals surface area contributed by atoms with E-state index in [0.717, 1.165) is 18.6 Å². The van der Waals surface area contributed by atoms with Gasteiger partial charge < -0.3 is 54.3 Å². The molecule has 0 fully saturated rings. The van der Waals surface area contributed by atoms with Crippen LogP contribution in [-0.4, -0.2) is 131 Å². The minimum Gasteiger partial charge on any atom is -0.491 e. The molecule has 364 valence electrons. The van der Waals surface area contributed by atoms with Crippen LogP contribution in [0.4, 0.5) is 0 Å². The number of esters is 4. The summed E-state index contributed by atoms with van der Waals surface area (Å²) in [4.78, 5) is 47.0. The highest BCUT2D eigenvalue weighted by molar-refractivity contribution is 6.18. The van der Waals surface area contributed by atoms with Crippen molar-refractivity contribution in [2.24, 2.45) is 0 Å². The predicted molar refractivity (Wildman–Crippen MR) is 248 cm³/mol. The summed E-state index contributed by atoms with van der Waals surface area (Å²) in [6.07, 6.45) is 2.88. The van der Waals surface area contributed by atoms with E-state index in [0.29, 0.717) is 45.0 Å². The van der Waals surface area contributed by atoms with Crippen LogP contribution in [0.3, 0.4) is 0 Å². The Morgan fingerprint density at radius 1 is 0.516 bits per heavy atom. The number of halogens is 1. The number of aliphatic hydroxyl groups excluding tert-OH is 6. The van der Waals surface area contributed by atoms with Gasteiger partial charge in [0.25, 0.3) is 0 Å². The van der Waals surface area contributed by atoms with Gasteiger partial charge in [0, 0.05) is 5.88 Å². The maximum atomic E-state index is 11.8. The highest BCUT2D eigenvalue weighted by Gasteiger charge is 2.20. The molecule has 64 heavy (non-hydrogen) atoms. The lowest BCUT2D eigenvalue weighted by atomic mass is 10.1. The monoisotopic (exact) mass is 926 g/mol. The summed E-state index contributed by atoms with van der Waals surface area (Å²) in [6, 6.07) is 22.1. The third-order valence-corrected chi connectivity index (χ3v) is 7.73. The van der Waals surface area contributed by atoms with Crippen molar-refractivity contribution < 1.29 is 73.5 Å². The molecule has 3 rings (SSSR count). The first kappa shape index (κ1) is 63.7. The van der Waals surface area contributed by atoms with Crippen LogP contribution >= 0.6 is 11.6 Å². The quantitative estimate of drug-likeness (QED) is 0.0374. The van der Waals surface area contributed by atoms with Crippen LogP contribution < -0.4 is 4.74 Å². The molecule has 4 atom stereocenters. The number of ether oxygens (including phenoxy) is 5. The van der Waals surface area contributed by atoms with Crippen molar-refractivity contribution >= 4 is 35.5 Å². The zero-order valence-electron chi connectivity index (χ0n) is 38.9. The van der Waals surface area contributed by atoms with Gasteiger partial charge >= 0.3 is 23.9 Å². The van der Waals surface area contributed by atoms with E-state index < -0.39 is 36.1 Å². The SMILES string of the molecule is CCC.CCC(O)CCl.CCC(O)CO.CCC(O)COc1ccccc1.CCCOC(=O)c1ccccc1C(=O)OCC(C)O.CCCOC(=O)c1ccccc1C(=O)OCCO. The molecule has 6 N–H and O–H groups in total. The molecule has 0 saturated heterocycles. The van der Waals surface area contributed by atoms with Crippen LogP contribution in [0, 0.1) is 0 Å². The average molecular weight is 928 g/mol. The number of carbonyl (C=O) groups excluding carboxylic acids is 4. The Labute approximate surface area is 385 Å². The van der Waals surface area contributed by atoms with Gasteiger partial charge in [0.2, 0.25) is 0 Å². The summed E-state index contributed by atoms with van der Waals surface area (Å²) in [5.41, 5.74) is 0.636. The van der Waals surface area contributed by atoms with Gasteiger partial charge in [-0.15, -0.1) is 11.6 Å². The third kappa shape index (κ3) is 33.9. The molecule has 0 heterocycles. The second kappa shape index (κ2) is 43.6. The van der Waals surface area contributed by atoms with E-state index in [2.05, 4.69) is 13.8 Å². The first-order valence-electron chi connectivity index (χ1n) is 21.7. The molecular formula is C48H75ClO15. The summed E-state index contributed by atoms with van der Waals surface area (Å²) in [5.74, 6) is -1.22. The summed E-state index contributed by atoms with van der Waals surface area (Å²) < 4.78 is 24.9. The number of benzene rings is 3. The van der Waals surface area contributed by atoms with Crippen LogP contribution in [0.5, 0.6) is 5.75 Å². The van der Waals surface area contributed by atoms with E-state index in [1.165, 1.54) is 37.6 Å². The largest absolute Gasteiger partial charge is 0.491 e. The standard InChI is InChI=1S/C14H18O5.C13H16O5.C10H14O2.C4H9ClO.C4H10O2.C3H8/c1-3-8-18-13(16)11-6-4-5-7-12(11)14(17)19-9-10(2)15;1-2-8-17-12(15)10-5-3-4-6-11(10)13(16)18-9-7-14;1-2-9(11)8-12-10-6-4-3-5-7-10;2*1-2-4(6)3-5;1-3-2/h4-7,10,15H,3,8-9H2,1-2H3;3-6,14H,2,7-9H2,1H3;3-7,9,11H,2,8H2,1H3;4,6H,2-3H2,1H3;4-6H,2-3H2,1H3;3H2,1-2H3. The second-order valence-electron chi connectivity index (χ2n) is 13.5. The molecule has 3 aromatic rings. The molecule has 0 aliphatic carbocycles. The minimum atomic E-state index is -0.747. The smallest absolute Gasteiger partial charge is 0.339 e. The maximum absolute atomic E-state index is 11.8. The summed E-state index contributed by atoms with van der Waals surface area (Å²) in [5, 5.41) is 51.9. The Bertz CT molecular complexity index is 1530. The molecule has 3 aromatic carbocycles. The molecule has 0 amide bonds. The van der Waals surface area contributed by atoms with Crippen LogP contribution in [0.25, 0.3) is 0 Å². The van der Waals surface area contributed by atoms with Gasteiger partial charge in [-0.25, -0.2) is 19.2 Å². The molecule has 4 unspecified atom stereocenters. The molecule has 0 saturated carbocycles. The van der Waals surface area contributed by atoms with Gasteiger partial charge in [-0.3, -0.25) is 0 Å². The van der Waals surface area contributed by atoms with Crippen molar-refractivity contribution in [3.8, 4) is 5.75 Å². The number of hydrogen-bond donors (Lipinski definition) is 6. The van der Waals surface area contributed by atoms with Crippen molar-refractivity contribution in [1.29, 1.82) is 0 Å². The fraction of sp³-hybridized carbons (Fsp3) is 0.542. The number of rotatable bonds is 20. The lowest BCUT2D eigenvalue weighted by Gasteiger charge is -2.10. The highest BCUT2D eigenvalue weighted by atomic mass is 35.5. The molecule has 0 bridgehead atoms. The third-order valence-electron chi connectivity index (χ3n) is 7.38. The predicted octanol–water partition coefficient (Wildman–Crippen LogP) is 7.19. The fourth-order valence-electron chi connectivity index (χ4n) is 3.78. The Hall–Kier alpha value is -4.61. The minimum absolute atomic E-state index is 0.100. The lowest BCUT2D eigenvalue weighted by molar-refractivity contribution is 0.0288. The van der Waals surface area contributed by atoms with E-state index in [9.17, 15) is 24.3 Å². The van der Waals surface area contributed by atoms with Gasteiger partial charge in [0.15, 0.2) is 0 Å². The molecule has 0 spiro atoms. The zero-order chi connectivity index (χ0) is 49.1. The van der Waals surface area contributed by atoms with Crippen molar-refractivity contribution in [2.45, 2.75) is 118 Å². The number of para-hydroxylation sites is 1. The van der Waals surface area contributed by atoms with Gasteiger partial charge in [0.1, 0.15) is 25.6 Å². The molecule has 0 aliphatic heterocycles. The molecule has 0 aromatic heterocycles. The molecular weight excluding hydrogens is 852 g/mol. The van der Waals surface area contributed by atoms with E-state index >= 15 is 0 Å².